The number of hydrogen-bond acceptors (Lipinski definition) is 2. The number of benzene rings is 1. The van der Waals surface area contributed by atoms with Crippen LogP contribution in [-0.2, 0) is 0 Å². The van der Waals surface area contributed by atoms with Gasteiger partial charge in [-0.15, -0.1) is 0 Å². The lowest BCUT2D eigenvalue weighted by Gasteiger charge is -2.30. The first-order chi connectivity index (χ1) is 9.18. The second-order valence-corrected chi connectivity index (χ2v) is 4.72. The van der Waals surface area contributed by atoms with E-state index in [4.69, 9.17) is 0 Å². The Kier molecular flexibility index (Phi) is 4.52. The molecule has 19 heavy (non-hydrogen) atoms. The Morgan fingerprint density at radius 2 is 1.84 bits per heavy atom. The minimum absolute atomic E-state index is 0.225. The van der Waals surface area contributed by atoms with Gasteiger partial charge in [-0.25, -0.2) is 4.79 Å². The Morgan fingerprint density at radius 3 is 2.42 bits per heavy atom. The topological polar surface area (TPSA) is 47.9 Å². The van der Waals surface area contributed by atoms with Gasteiger partial charge in [0.15, 0.2) is 0 Å². The molecule has 0 saturated carbocycles. The molecule has 1 aromatic rings. The second kappa shape index (κ2) is 6.33. The molecule has 1 fully saturated rings. The fraction of sp³-hybridized carbons (Fsp3) is 0.429. The van der Waals surface area contributed by atoms with Crippen molar-refractivity contribution in [2.24, 2.45) is 4.99 Å². The van der Waals surface area contributed by atoms with E-state index in [1.54, 1.807) is 14.1 Å². The number of nitrogens with one attached hydrogen (secondary N) is 1. The van der Waals surface area contributed by atoms with Crippen LogP contribution in [0.15, 0.2) is 35.3 Å². The monoisotopic (exact) mass is 260 g/mol. The summed E-state index contributed by atoms with van der Waals surface area (Å²) in [6.45, 7) is 3.58. The van der Waals surface area contributed by atoms with Gasteiger partial charge in [0.2, 0.25) is 0 Å². The molecule has 1 aliphatic heterocycles. The number of carbonyl (C=O) groups is 1. The summed E-state index contributed by atoms with van der Waals surface area (Å²) in [6, 6.07) is 9.65. The molecule has 0 aliphatic carbocycles. The molecule has 0 atom stereocenters. The first-order valence-electron chi connectivity index (χ1n) is 6.49. The predicted molar refractivity (Wildman–Crippen MR) is 76.5 cm³/mol. The summed E-state index contributed by atoms with van der Waals surface area (Å²) in [6.07, 6.45) is 0. The maximum atomic E-state index is 11.9. The molecule has 0 unspecified atom stereocenters. The second-order valence-electron chi connectivity index (χ2n) is 4.72. The molecule has 5 heteroatoms. The fourth-order valence-corrected chi connectivity index (χ4v) is 1.97. The Balaban J connectivity index is 2.30. The van der Waals surface area contributed by atoms with Gasteiger partial charge < -0.3 is 15.1 Å². The third-order valence-corrected chi connectivity index (χ3v) is 3.03. The molecular formula is C14H20N4O. The van der Waals surface area contributed by atoms with Crippen LogP contribution in [0.3, 0.4) is 0 Å². The van der Waals surface area contributed by atoms with Crippen LogP contribution in [0.2, 0.25) is 0 Å². The summed E-state index contributed by atoms with van der Waals surface area (Å²) < 4.78 is 0. The molecular weight excluding hydrogens is 240 g/mol. The molecule has 0 radical (unpaired) electrons. The van der Waals surface area contributed by atoms with Gasteiger partial charge in [0.05, 0.1) is 0 Å². The lowest BCUT2D eigenvalue weighted by Crippen LogP contribution is -2.47. The van der Waals surface area contributed by atoms with Crippen molar-refractivity contribution < 1.29 is 4.79 Å². The Morgan fingerprint density at radius 1 is 1.21 bits per heavy atom. The first kappa shape index (κ1) is 13.5. The number of rotatable bonds is 1. The van der Waals surface area contributed by atoms with Gasteiger partial charge in [0.1, 0.15) is 5.84 Å². The average molecular weight is 260 g/mol. The van der Waals surface area contributed by atoms with Crippen molar-refractivity contribution >= 4 is 11.9 Å². The van der Waals surface area contributed by atoms with E-state index in [0.29, 0.717) is 0 Å². The molecule has 5 nitrogen and oxygen atoms in total. The third-order valence-electron chi connectivity index (χ3n) is 3.03. The van der Waals surface area contributed by atoms with Gasteiger partial charge in [-0.3, -0.25) is 0 Å². The van der Waals surface area contributed by atoms with Gasteiger partial charge in [0.25, 0.3) is 0 Å². The quantitative estimate of drug-likeness (QED) is 0.606. The molecule has 0 aromatic heterocycles. The maximum absolute atomic E-state index is 11.9. The van der Waals surface area contributed by atoms with Crippen LogP contribution in [0.25, 0.3) is 0 Å². The minimum atomic E-state index is -0.225. The van der Waals surface area contributed by atoms with E-state index in [1.165, 1.54) is 4.90 Å². The highest BCUT2D eigenvalue weighted by Gasteiger charge is 2.17. The largest absolute Gasteiger partial charge is 0.353 e. The van der Waals surface area contributed by atoms with Gasteiger partial charge in [0, 0.05) is 45.8 Å². The van der Waals surface area contributed by atoms with Gasteiger partial charge in [-0.1, -0.05) is 30.3 Å². The summed E-state index contributed by atoms with van der Waals surface area (Å²) in [5.74, 6) is 0.765. The molecule has 0 bridgehead atoms. The van der Waals surface area contributed by atoms with E-state index in [0.717, 1.165) is 37.6 Å². The van der Waals surface area contributed by atoms with E-state index in [-0.39, 0.29) is 6.03 Å². The number of nitrogens with zero attached hydrogens (tertiary/aromatic N) is 3. The van der Waals surface area contributed by atoms with Crippen molar-refractivity contribution in [1.82, 2.24) is 15.1 Å². The number of piperazine rings is 1. The lowest BCUT2D eigenvalue weighted by molar-refractivity contribution is 0.226. The Bertz CT molecular complexity index is 450. The predicted octanol–water partition coefficient (Wildman–Crippen LogP) is 1.02. The van der Waals surface area contributed by atoms with Crippen LogP contribution in [0.5, 0.6) is 0 Å². The zero-order valence-electron chi connectivity index (χ0n) is 11.5. The Labute approximate surface area is 113 Å². The van der Waals surface area contributed by atoms with Crippen molar-refractivity contribution in [3.63, 3.8) is 0 Å². The van der Waals surface area contributed by atoms with Crippen LogP contribution in [-0.4, -0.2) is 61.9 Å². The van der Waals surface area contributed by atoms with Crippen molar-refractivity contribution in [3.8, 4) is 0 Å². The van der Waals surface area contributed by atoms with E-state index in [2.05, 4.69) is 15.2 Å². The summed E-state index contributed by atoms with van der Waals surface area (Å²) in [4.78, 5) is 19.8. The standard InChI is InChI=1S/C14H20N4O/c1-17(2)14(19)16-13(12-6-4-3-5-7-12)18-10-8-15-9-11-18/h3-7,15H,8-11H2,1-2H3/b16-13+. The number of hydrogen-bond donors (Lipinski definition) is 1. The number of amidine groups is 1. The number of carbonyl (C=O) groups excluding carboxylic acids is 1. The highest BCUT2D eigenvalue weighted by atomic mass is 16.2. The molecule has 1 saturated heterocycles. The van der Waals surface area contributed by atoms with E-state index in [1.807, 2.05) is 30.3 Å². The molecule has 1 heterocycles. The number of aliphatic imine (C=N–C) groups is 1. The minimum Gasteiger partial charge on any atom is -0.353 e. The SMILES string of the molecule is CN(C)C(=O)/N=C(\c1ccccc1)N1CCNCC1. The zero-order chi connectivity index (χ0) is 13.7. The summed E-state index contributed by atoms with van der Waals surface area (Å²) in [5.41, 5.74) is 0.986. The number of amides is 2. The van der Waals surface area contributed by atoms with Gasteiger partial charge in [-0.05, 0) is 0 Å². The van der Waals surface area contributed by atoms with Crippen LogP contribution < -0.4 is 5.32 Å². The molecule has 2 rings (SSSR count). The molecule has 1 aliphatic rings. The third kappa shape index (κ3) is 3.54. The van der Waals surface area contributed by atoms with Gasteiger partial charge in [-0.2, -0.15) is 4.99 Å². The van der Waals surface area contributed by atoms with Crippen LogP contribution in [0.1, 0.15) is 5.56 Å². The van der Waals surface area contributed by atoms with Gasteiger partial charge >= 0.3 is 6.03 Å². The maximum Gasteiger partial charge on any atom is 0.344 e. The highest BCUT2D eigenvalue weighted by Crippen LogP contribution is 2.08. The Hall–Kier alpha value is -1.88. The molecule has 102 valence electrons. The average Bonchev–Trinajstić information content (AvgIpc) is 2.46. The van der Waals surface area contributed by atoms with Crippen molar-refractivity contribution in [2.75, 3.05) is 40.3 Å². The first-order valence-corrected chi connectivity index (χ1v) is 6.49. The molecule has 1 N–H and O–H groups in total. The summed E-state index contributed by atoms with van der Waals surface area (Å²) >= 11 is 0. The molecule has 0 spiro atoms. The van der Waals surface area contributed by atoms with Crippen LogP contribution in [0, 0.1) is 0 Å². The number of urea groups is 1. The molecule has 1 aromatic carbocycles. The van der Waals surface area contributed by atoms with Crippen molar-refractivity contribution in [2.45, 2.75) is 0 Å². The van der Waals surface area contributed by atoms with Crippen LogP contribution in [0.4, 0.5) is 4.79 Å². The van der Waals surface area contributed by atoms with E-state index in [9.17, 15) is 4.79 Å². The summed E-state index contributed by atoms with van der Waals surface area (Å²) in [5, 5.41) is 3.31. The lowest BCUT2D eigenvalue weighted by atomic mass is 10.2. The normalized spacial score (nSPS) is 16.3. The summed E-state index contributed by atoms with van der Waals surface area (Å²) in [7, 11) is 3.43. The fourth-order valence-electron chi connectivity index (χ4n) is 1.97. The van der Waals surface area contributed by atoms with E-state index >= 15 is 0 Å². The molecule has 2 amide bonds. The zero-order valence-corrected chi connectivity index (χ0v) is 11.5. The van der Waals surface area contributed by atoms with Crippen LogP contribution >= 0.6 is 0 Å². The van der Waals surface area contributed by atoms with E-state index < -0.39 is 0 Å². The van der Waals surface area contributed by atoms with Crippen molar-refractivity contribution in [1.29, 1.82) is 0 Å². The smallest absolute Gasteiger partial charge is 0.344 e. The highest BCUT2D eigenvalue weighted by molar-refractivity contribution is 6.04. The van der Waals surface area contributed by atoms with Crippen molar-refractivity contribution in [3.05, 3.63) is 35.9 Å².